The fraction of sp³-hybridized carbons (Fsp3) is 0.292. The Labute approximate surface area is 176 Å². The molecule has 154 valence electrons. The van der Waals surface area contributed by atoms with Crippen molar-refractivity contribution in [3.63, 3.8) is 0 Å². The minimum absolute atomic E-state index is 0.357. The van der Waals surface area contributed by atoms with Crippen molar-refractivity contribution < 1.29 is 14.3 Å². The van der Waals surface area contributed by atoms with E-state index < -0.39 is 11.9 Å². The van der Waals surface area contributed by atoms with Crippen LogP contribution in [0.2, 0.25) is 0 Å². The summed E-state index contributed by atoms with van der Waals surface area (Å²) in [5.74, 6) is -0.997. The van der Waals surface area contributed by atoms with Crippen molar-refractivity contribution in [1.29, 1.82) is 5.26 Å². The highest BCUT2D eigenvalue weighted by molar-refractivity contribution is 5.94. The van der Waals surface area contributed by atoms with Crippen LogP contribution in [0.4, 0.5) is 11.4 Å². The predicted molar refractivity (Wildman–Crippen MR) is 117 cm³/mol. The van der Waals surface area contributed by atoms with E-state index in [1.807, 2.05) is 30.3 Å². The van der Waals surface area contributed by atoms with Crippen molar-refractivity contribution in [2.75, 3.05) is 29.9 Å². The Bertz CT molecular complexity index is 920. The second-order valence-electron chi connectivity index (χ2n) is 7.17. The summed E-state index contributed by atoms with van der Waals surface area (Å²) < 4.78 is 4.98. The molecule has 0 atom stereocenters. The van der Waals surface area contributed by atoms with E-state index in [0.29, 0.717) is 11.3 Å². The Balaban J connectivity index is 1.44. The molecule has 0 spiro atoms. The molecule has 3 rings (SSSR count). The quantitative estimate of drug-likeness (QED) is 0.579. The van der Waals surface area contributed by atoms with Gasteiger partial charge in [0.15, 0.2) is 6.61 Å². The monoisotopic (exact) mass is 403 g/mol. The Morgan fingerprint density at radius 3 is 2.30 bits per heavy atom. The lowest BCUT2D eigenvalue weighted by Gasteiger charge is -2.22. The van der Waals surface area contributed by atoms with Gasteiger partial charge in [-0.1, -0.05) is 25.0 Å². The van der Waals surface area contributed by atoms with Gasteiger partial charge in [-0.05, 0) is 60.9 Å². The number of rotatable bonds is 6. The first kappa shape index (κ1) is 21.1. The van der Waals surface area contributed by atoms with E-state index in [4.69, 9.17) is 10.00 Å². The number of nitriles is 1. The Morgan fingerprint density at radius 2 is 1.67 bits per heavy atom. The van der Waals surface area contributed by atoms with Crippen LogP contribution in [0.25, 0.3) is 6.08 Å². The summed E-state index contributed by atoms with van der Waals surface area (Å²) in [5, 5.41) is 11.5. The molecular formula is C24H25N3O3. The van der Waals surface area contributed by atoms with Gasteiger partial charge in [0, 0.05) is 30.5 Å². The predicted octanol–water partition coefficient (Wildman–Crippen LogP) is 4.13. The van der Waals surface area contributed by atoms with E-state index in [0.717, 1.165) is 24.3 Å². The molecule has 6 nitrogen and oxygen atoms in total. The number of benzene rings is 2. The maximum absolute atomic E-state index is 12.0. The second kappa shape index (κ2) is 10.8. The number of carbonyl (C=O) groups excluding carboxylic acids is 2. The number of amides is 1. The van der Waals surface area contributed by atoms with Crippen LogP contribution < -0.4 is 10.2 Å². The zero-order valence-corrected chi connectivity index (χ0v) is 16.8. The summed E-state index contributed by atoms with van der Waals surface area (Å²) in [5.41, 5.74) is 3.14. The Morgan fingerprint density at radius 1 is 1.00 bits per heavy atom. The third-order valence-electron chi connectivity index (χ3n) is 4.92. The van der Waals surface area contributed by atoms with Gasteiger partial charge in [-0.3, -0.25) is 4.79 Å². The van der Waals surface area contributed by atoms with Gasteiger partial charge in [0.25, 0.3) is 5.91 Å². The van der Waals surface area contributed by atoms with Gasteiger partial charge in [0.05, 0.1) is 11.6 Å². The molecule has 1 amide bonds. The maximum Gasteiger partial charge on any atom is 0.331 e. The molecule has 0 saturated carbocycles. The van der Waals surface area contributed by atoms with Gasteiger partial charge >= 0.3 is 5.97 Å². The minimum Gasteiger partial charge on any atom is -0.452 e. The number of ether oxygens (including phenoxy) is 1. The van der Waals surface area contributed by atoms with Crippen molar-refractivity contribution in [2.24, 2.45) is 0 Å². The molecule has 2 aromatic rings. The molecule has 0 aromatic heterocycles. The first-order valence-corrected chi connectivity index (χ1v) is 10.1. The number of hydrogen-bond donors (Lipinski definition) is 1. The van der Waals surface area contributed by atoms with E-state index in [1.54, 1.807) is 30.3 Å². The second-order valence-corrected chi connectivity index (χ2v) is 7.17. The molecule has 1 N–H and O–H groups in total. The van der Waals surface area contributed by atoms with Crippen LogP contribution in [0, 0.1) is 11.3 Å². The third kappa shape index (κ3) is 6.49. The molecular weight excluding hydrogens is 378 g/mol. The third-order valence-corrected chi connectivity index (χ3v) is 4.92. The Kier molecular flexibility index (Phi) is 7.62. The van der Waals surface area contributed by atoms with E-state index >= 15 is 0 Å². The van der Waals surface area contributed by atoms with Crippen LogP contribution >= 0.6 is 0 Å². The van der Waals surface area contributed by atoms with E-state index in [9.17, 15) is 9.59 Å². The fourth-order valence-electron chi connectivity index (χ4n) is 3.30. The molecule has 1 saturated heterocycles. The molecule has 0 bridgehead atoms. The summed E-state index contributed by atoms with van der Waals surface area (Å²) in [6.45, 7) is 1.78. The molecule has 2 aromatic carbocycles. The van der Waals surface area contributed by atoms with E-state index in [-0.39, 0.29) is 6.61 Å². The molecule has 1 heterocycles. The van der Waals surface area contributed by atoms with Crippen molar-refractivity contribution in [3.8, 4) is 6.07 Å². The minimum atomic E-state index is -0.606. The average molecular weight is 403 g/mol. The average Bonchev–Trinajstić information content (AvgIpc) is 3.07. The number of hydrogen-bond acceptors (Lipinski definition) is 5. The normalized spacial score (nSPS) is 14.0. The van der Waals surface area contributed by atoms with E-state index in [1.165, 1.54) is 31.8 Å². The molecule has 0 radical (unpaired) electrons. The first-order valence-electron chi connectivity index (χ1n) is 10.1. The summed E-state index contributed by atoms with van der Waals surface area (Å²) in [7, 11) is 0. The van der Waals surface area contributed by atoms with Crippen LogP contribution in [0.1, 0.15) is 36.8 Å². The first-order chi connectivity index (χ1) is 14.6. The molecule has 1 aliphatic rings. The molecule has 1 aliphatic heterocycles. The van der Waals surface area contributed by atoms with E-state index in [2.05, 4.69) is 10.2 Å². The molecule has 0 aliphatic carbocycles. The highest BCUT2D eigenvalue weighted by Crippen LogP contribution is 2.21. The van der Waals surface area contributed by atoms with Crippen molar-refractivity contribution >= 4 is 29.3 Å². The number of nitrogens with zero attached hydrogens (tertiary/aromatic N) is 2. The largest absolute Gasteiger partial charge is 0.452 e. The Hall–Kier alpha value is -3.59. The van der Waals surface area contributed by atoms with Crippen molar-refractivity contribution in [1.82, 2.24) is 0 Å². The summed E-state index contributed by atoms with van der Waals surface area (Å²) >= 11 is 0. The van der Waals surface area contributed by atoms with Gasteiger partial charge in [0.2, 0.25) is 0 Å². The van der Waals surface area contributed by atoms with Crippen LogP contribution in [0.3, 0.4) is 0 Å². The topological polar surface area (TPSA) is 82.4 Å². The number of carbonyl (C=O) groups is 2. The standard InChI is InChI=1S/C24H25N3O3/c25-17-20-7-5-19(6-8-20)9-14-24(29)30-18-23(28)26-21-10-12-22(13-11-21)27-15-3-1-2-4-16-27/h5-14H,1-4,15-16,18H2,(H,26,28)/b14-9+. The van der Waals surface area contributed by atoms with Crippen LogP contribution in [-0.2, 0) is 14.3 Å². The SMILES string of the molecule is N#Cc1ccc(/C=C/C(=O)OCC(=O)Nc2ccc(N3CCCCCC3)cc2)cc1. The maximum atomic E-state index is 12.0. The smallest absolute Gasteiger partial charge is 0.331 e. The lowest BCUT2D eigenvalue weighted by atomic mass is 10.1. The van der Waals surface area contributed by atoms with Crippen LogP contribution in [0.15, 0.2) is 54.6 Å². The summed E-state index contributed by atoms with van der Waals surface area (Å²) in [4.78, 5) is 26.2. The number of esters is 1. The molecule has 1 fully saturated rings. The van der Waals surface area contributed by atoms with Gasteiger partial charge in [-0.25, -0.2) is 4.79 Å². The highest BCUT2D eigenvalue weighted by Gasteiger charge is 2.10. The highest BCUT2D eigenvalue weighted by atomic mass is 16.5. The zero-order valence-electron chi connectivity index (χ0n) is 16.8. The number of nitrogens with one attached hydrogen (secondary N) is 1. The zero-order chi connectivity index (χ0) is 21.2. The van der Waals surface area contributed by atoms with Crippen molar-refractivity contribution in [2.45, 2.75) is 25.7 Å². The number of anilines is 2. The van der Waals surface area contributed by atoms with Gasteiger partial charge in [0.1, 0.15) is 0 Å². The summed E-state index contributed by atoms with van der Waals surface area (Å²) in [6.07, 6.45) is 7.82. The summed E-state index contributed by atoms with van der Waals surface area (Å²) in [6, 6.07) is 16.6. The fourth-order valence-corrected chi connectivity index (χ4v) is 3.30. The van der Waals surface area contributed by atoms with Crippen LogP contribution in [-0.4, -0.2) is 31.6 Å². The van der Waals surface area contributed by atoms with Gasteiger partial charge in [-0.15, -0.1) is 0 Å². The van der Waals surface area contributed by atoms with Crippen molar-refractivity contribution in [3.05, 3.63) is 65.7 Å². The van der Waals surface area contributed by atoms with Crippen LogP contribution in [0.5, 0.6) is 0 Å². The molecule has 6 heteroatoms. The molecule has 0 unspecified atom stereocenters. The molecule has 30 heavy (non-hydrogen) atoms. The lowest BCUT2D eigenvalue weighted by molar-refractivity contribution is -0.142. The van der Waals surface area contributed by atoms with Gasteiger partial charge in [-0.2, -0.15) is 5.26 Å². The lowest BCUT2D eigenvalue weighted by Crippen LogP contribution is -2.24. The van der Waals surface area contributed by atoms with Gasteiger partial charge < -0.3 is 15.0 Å².